The van der Waals surface area contributed by atoms with Gasteiger partial charge in [0, 0.05) is 19.6 Å². The minimum absolute atomic E-state index is 0.0850. The van der Waals surface area contributed by atoms with Gasteiger partial charge in [0.1, 0.15) is 6.10 Å². The number of ether oxygens (including phenoxy) is 1. The van der Waals surface area contributed by atoms with Gasteiger partial charge in [0.15, 0.2) is 0 Å². The number of carbonyl (C=O) groups excluding carboxylic acids is 1. The topological polar surface area (TPSA) is 55.6 Å². The second kappa shape index (κ2) is 4.94. The third kappa shape index (κ3) is 2.99. The van der Waals surface area contributed by atoms with Gasteiger partial charge in [-0.3, -0.25) is 4.79 Å². The summed E-state index contributed by atoms with van der Waals surface area (Å²) in [5.74, 6) is 0.175. The van der Waals surface area contributed by atoms with E-state index >= 15 is 0 Å². The Balaban J connectivity index is 1.92. The third-order valence-corrected chi connectivity index (χ3v) is 3.86. The Hall–Kier alpha value is -0.610. The molecule has 2 N–H and O–H groups in total. The van der Waals surface area contributed by atoms with Crippen molar-refractivity contribution in [2.24, 2.45) is 11.1 Å². The summed E-state index contributed by atoms with van der Waals surface area (Å²) in [7, 11) is 0. The van der Waals surface area contributed by atoms with Crippen LogP contribution >= 0.6 is 0 Å². The van der Waals surface area contributed by atoms with Crippen molar-refractivity contribution in [1.82, 2.24) is 4.90 Å². The van der Waals surface area contributed by atoms with E-state index in [-0.39, 0.29) is 23.5 Å². The van der Waals surface area contributed by atoms with Gasteiger partial charge in [0.05, 0.1) is 6.10 Å². The number of piperidine rings is 1. The average molecular weight is 240 g/mol. The van der Waals surface area contributed by atoms with Crippen molar-refractivity contribution >= 4 is 5.91 Å². The Morgan fingerprint density at radius 2 is 2.24 bits per heavy atom. The van der Waals surface area contributed by atoms with Crippen LogP contribution in [0.15, 0.2) is 0 Å². The van der Waals surface area contributed by atoms with Crippen LogP contribution in [0.5, 0.6) is 0 Å². The molecule has 0 aromatic carbocycles. The fourth-order valence-corrected chi connectivity index (χ4v) is 2.88. The van der Waals surface area contributed by atoms with Crippen LogP contribution in [0.1, 0.15) is 39.5 Å². The van der Waals surface area contributed by atoms with E-state index in [2.05, 4.69) is 13.8 Å². The number of amides is 1. The number of hydrogen-bond acceptors (Lipinski definition) is 3. The zero-order chi connectivity index (χ0) is 12.5. The molecule has 2 atom stereocenters. The largest absolute Gasteiger partial charge is 0.364 e. The van der Waals surface area contributed by atoms with Crippen LogP contribution in [0.4, 0.5) is 0 Å². The Labute approximate surface area is 103 Å². The van der Waals surface area contributed by atoms with Crippen molar-refractivity contribution in [3.05, 3.63) is 0 Å². The van der Waals surface area contributed by atoms with Crippen LogP contribution in [0.3, 0.4) is 0 Å². The van der Waals surface area contributed by atoms with Gasteiger partial charge in [-0.1, -0.05) is 13.8 Å². The van der Waals surface area contributed by atoms with E-state index in [1.165, 1.54) is 6.42 Å². The number of likely N-dealkylation sites (tertiary alicyclic amines) is 1. The molecule has 0 aliphatic carbocycles. The van der Waals surface area contributed by atoms with Gasteiger partial charge < -0.3 is 15.4 Å². The predicted molar refractivity (Wildman–Crippen MR) is 66.5 cm³/mol. The summed E-state index contributed by atoms with van der Waals surface area (Å²) in [5.41, 5.74) is 5.82. The standard InChI is InChI=1S/C13H24N2O2/c1-13(2)6-3-7-15(9-13)12(16)11-5-4-10(8-14)17-11/h10-11H,3-9,14H2,1-2H3/t10-,11+/m1/s1. The molecule has 4 heteroatoms. The summed E-state index contributed by atoms with van der Waals surface area (Å²) in [6.07, 6.45) is 3.90. The van der Waals surface area contributed by atoms with Gasteiger partial charge in [-0.15, -0.1) is 0 Å². The molecule has 2 heterocycles. The van der Waals surface area contributed by atoms with Crippen LogP contribution in [-0.2, 0) is 9.53 Å². The minimum atomic E-state index is -0.238. The monoisotopic (exact) mass is 240 g/mol. The highest BCUT2D eigenvalue weighted by atomic mass is 16.5. The third-order valence-electron chi connectivity index (χ3n) is 3.86. The Morgan fingerprint density at radius 1 is 1.47 bits per heavy atom. The van der Waals surface area contributed by atoms with E-state index in [4.69, 9.17) is 10.5 Å². The van der Waals surface area contributed by atoms with Gasteiger partial charge in [-0.05, 0) is 31.1 Å². The summed E-state index contributed by atoms with van der Waals surface area (Å²) in [4.78, 5) is 14.3. The predicted octanol–water partition coefficient (Wildman–Crippen LogP) is 1.14. The molecule has 0 spiro atoms. The lowest BCUT2D eigenvalue weighted by Crippen LogP contribution is -2.47. The fraction of sp³-hybridized carbons (Fsp3) is 0.923. The maximum absolute atomic E-state index is 12.3. The molecule has 0 radical (unpaired) electrons. The quantitative estimate of drug-likeness (QED) is 0.787. The molecule has 0 saturated carbocycles. The molecule has 0 unspecified atom stereocenters. The van der Waals surface area contributed by atoms with Crippen LogP contribution in [0, 0.1) is 5.41 Å². The summed E-state index contributed by atoms with van der Waals surface area (Å²) in [5, 5.41) is 0. The van der Waals surface area contributed by atoms with E-state index < -0.39 is 0 Å². The molecule has 2 aliphatic rings. The number of rotatable bonds is 2. The first-order valence-electron chi connectivity index (χ1n) is 6.66. The number of carbonyl (C=O) groups is 1. The van der Waals surface area contributed by atoms with Gasteiger partial charge in [-0.2, -0.15) is 0 Å². The molecular formula is C13H24N2O2. The smallest absolute Gasteiger partial charge is 0.251 e. The molecule has 2 rings (SSSR count). The maximum Gasteiger partial charge on any atom is 0.251 e. The van der Waals surface area contributed by atoms with Crippen molar-refractivity contribution in [1.29, 1.82) is 0 Å². The molecule has 4 nitrogen and oxygen atoms in total. The van der Waals surface area contributed by atoms with E-state index in [9.17, 15) is 4.79 Å². The highest BCUT2D eigenvalue weighted by Crippen LogP contribution is 2.30. The van der Waals surface area contributed by atoms with Gasteiger partial charge in [0.2, 0.25) is 0 Å². The molecule has 0 bridgehead atoms. The van der Waals surface area contributed by atoms with Gasteiger partial charge in [-0.25, -0.2) is 0 Å². The molecular weight excluding hydrogens is 216 g/mol. The van der Waals surface area contributed by atoms with Crippen LogP contribution in [0.25, 0.3) is 0 Å². The Morgan fingerprint density at radius 3 is 2.82 bits per heavy atom. The van der Waals surface area contributed by atoms with Crippen molar-refractivity contribution in [2.75, 3.05) is 19.6 Å². The first-order valence-corrected chi connectivity index (χ1v) is 6.66. The number of hydrogen-bond donors (Lipinski definition) is 1. The maximum atomic E-state index is 12.3. The second-order valence-corrected chi connectivity index (χ2v) is 6.09. The summed E-state index contributed by atoms with van der Waals surface area (Å²) in [6, 6.07) is 0. The molecule has 1 amide bonds. The lowest BCUT2D eigenvalue weighted by Gasteiger charge is -2.39. The molecule has 2 aliphatic heterocycles. The summed E-state index contributed by atoms with van der Waals surface area (Å²) >= 11 is 0. The number of nitrogens with two attached hydrogens (primary N) is 1. The second-order valence-electron chi connectivity index (χ2n) is 6.09. The number of nitrogens with zero attached hydrogens (tertiary/aromatic N) is 1. The van der Waals surface area contributed by atoms with E-state index in [0.29, 0.717) is 6.54 Å². The zero-order valence-corrected chi connectivity index (χ0v) is 10.9. The molecule has 17 heavy (non-hydrogen) atoms. The van der Waals surface area contributed by atoms with E-state index in [0.717, 1.165) is 32.4 Å². The molecule has 2 saturated heterocycles. The first-order chi connectivity index (χ1) is 8.02. The van der Waals surface area contributed by atoms with Crippen molar-refractivity contribution in [3.63, 3.8) is 0 Å². The van der Waals surface area contributed by atoms with Crippen molar-refractivity contribution < 1.29 is 9.53 Å². The molecule has 0 aromatic heterocycles. The lowest BCUT2D eigenvalue weighted by atomic mass is 9.84. The SMILES string of the molecule is CC1(C)CCCN(C(=O)[C@@H]2CC[C@H](CN)O2)C1. The van der Waals surface area contributed by atoms with E-state index in [1.54, 1.807) is 0 Å². The van der Waals surface area contributed by atoms with Crippen LogP contribution in [0.2, 0.25) is 0 Å². The van der Waals surface area contributed by atoms with Crippen molar-refractivity contribution in [3.8, 4) is 0 Å². The Kier molecular flexibility index (Phi) is 3.73. The lowest BCUT2D eigenvalue weighted by molar-refractivity contribution is -0.145. The minimum Gasteiger partial charge on any atom is -0.364 e. The van der Waals surface area contributed by atoms with Crippen molar-refractivity contribution in [2.45, 2.75) is 51.7 Å². The Bertz CT molecular complexity index is 291. The van der Waals surface area contributed by atoms with E-state index in [1.807, 2.05) is 4.90 Å². The highest BCUT2D eigenvalue weighted by Gasteiger charge is 2.36. The summed E-state index contributed by atoms with van der Waals surface area (Å²) in [6.45, 7) is 6.72. The first kappa shape index (κ1) is 12.8. The molecule has 98 valence electrons. The molecule has 2 fully saturated rings. The van der Waals surface area contributed by atoms with Crippen LogP contribution < -0.4 is 5.73 Å². The van der Waals surface area contributed by atoms with Gasteiger partial charge >= 0.3 is 0 Å². The normalized spacial score (nSPS) is 32.8. The molecule has 0 aromatic rings. The average Bonchev–Trinajstić information content (AvgIpc) is 2.75. The fourth-order valence-electron chi connectivity index (χ4n) is 2.88. The van der Waals surface area contributed by atoms with Crippen LogP contribution in [-0.4, -0.2) is 42.6 Å². The van der Waals surface area contributed by atoms with Gasteiger partial charge in [0.25, 0.3) is 5.91 Å². The highest BCUT2D eigenvalue weighted by molar-refractivity contribution is 5.81. The zero-order valence-electron chi connectivity index (χ0n) is 10.9. The summed E-state index contributed by atoms with van der Waals surface area (Å²) < 4.78 is 5.68.